The lowest BCUT2D eigenvalue weighted by Gasteiger charge is -2.27. The van der Waals surface area contributed by atoms with Gasteiger partial charge in [0.05, 0.1) is 22.1 Å². The lowest BCUT2D eigenvalue weighted by molar-refractivity contribution is 1.17. The fourth-order valence-electron chi connectivity index (χ4n) is 9.60. The molecule has 12 rings (SSSR count). The normalized spacial score (nSPS) is 11.8. The molecule has 0 saturated heterocycles. The van der Waals surface area contributed by atoms with Crippen molar-refractivity contribution in [2.24, 2.45) is 0 Å². The third-order valence-electron chi connectivity index (χ3n) is 12.2. The van der Waals surface area contributed by atoms with Crippen LogP contribution in [0.5, 0.6) is 0 Å². The third-order valence-corrected chi connectivity index (χ3v) is 13.4. The minimum Gasteiger partial charge on any atom is -0.310 e. The molecule has 0 aliphatic carbocycles. The maximum atomic E-state index is 2.43. The minimum atomic E-state index is 1.11. The number of aromatic nitrogens is 2. The summed E-state index contributed by atoms with van der Waals surface area (Å²) in [6, 6.07) is 73.5. The molecule has 60 heavy (non-hydrogen) atoms. The van der Waals surface area contributed by atoms with E-state index in [9.17, 15) is 0 Å². The summed E-state index contributed by atoms with van der Waals surface area (Å²) < 4.78 is 7.48. The van der Waals surface area contributed by atoms with Crippen molar-refractivity contribution in [3.05, 3.63) is 211 Å². The van der Waals surface area contributed by atoms with E-state index in [4.69, 9.17) is 0 Å². The molecule has 0 amide bonds. The second-order valence-electron chi connectivity index (χ2n) is 16.0. The first kappa shape index (κ1) is 34.6. The molecule has 0 N–H and O–H groups in total. The topological polar surface area (TPSA) is 13.1 Å². The van der Waals surface area contributed by atoms with Crippen molar-refractivity contribution in [2.45, 2.75) is 13.8 Å². The van der Waals surface area contributed by atoms with Crippen LogP contribution >= 0.6 is 11.3 Å². The van der Waals surface area contributed by atoms with E-state index in [1.807, 2.05) is 11.3 Å². The molecule has 3 aromatic heterocycles. The first-order chi connectivity index (χ1) is 29.6. The SMILES string of the molecule is Cc1cc(C)cc(N(c2ccc(-c3ccc4c(c3)c3ccccc3n4-c3ccccc3)cc2)c2ccc(-n3c4ccccc4c4c5sc6ccccc6c5ccc43)cc2)c1. The standard InChI is InChI=1S/C56H39N3S/c1-36-32-37(2)34-44(33-36)57(41-23-20-38(21-24-41)39-22-30-52-49(35-39)45-14-6-9-17-50(45)58(52)40-12-4-3-5-13-40)42-25-27-43(28-26-42)59-51-18-10-7-16-48(51)55-53(59)31-29-47-46-15-8-11-19-54(46)60-56(47)55/h3-35H,1-2H3. The quantitative estimate of drug-likeness (QED) is 0.164. The van der Waals surface area contributed by atoms with Gasteiger partial charge in [-0.05, 0) is 133 Å². The predicted molar refractivity (Wildman–Crippen MR) is 258 cm³/mol. The molecular weight excluding hydrogens is 747 g/mol. The second-order valence-corrected chi connectivity index (χ2v) is 17.0. The van der Waals surface area contributed by atoms with Gasteiger partial charge in [0.2, 0.25) is 0 Å². The number of thiophene rings is 1. The molecular formula is C56H39N3S. The van der Waals surface area contributed by atoms with Gasteiger partial charge in [0.25, 0.3) is 0 Å². The van der Waals surface area contributed by atoms with Crippen LogP contribution in [0.4, 0.5) is 17.1 Å². The van der Waals surface area contributed by atoms with Crippen LogP contribution in [-0.2, 0) is 0 Å². The average molecular weight is 786 g/mol. The molecule has 9 aromatic carbocycles. The van der Waals surface area contributed by atoms with E-state index in [1.165, 1.54) is 91.7 Å². The molecule has 4 heteroatoms. The van der Waals surface area contributed by atoms with Crippen molar-refractivity contribution < 1.29 is 0 Å². The molecule has 3 nitrogen and oxygen atoms in total. The van der Waals surface area contributed by atoms with Crippen molar-refractivity contribution in [2.75, 3.05) is 4.90 Å². The first-order valence-electron chi connectivity index (χ1n) is 20.6. The third kappa shape index (κ3) is 5.42. The summed E-state index contributed by atoms with van der Waals surface area (Å²) in [6.07, 6.45) is 0. The monoisotopic (exact) mass is 785 g/mol. The van der Waals surface area contributed by atoms with E-state index in [0.29, 0.717) is 0 Å². The molecule has 0 aliphatic rings. The Balaban J connectivity index is 0.954. The van der Waals surface area contributed by atoms with Crippen molar-refractivity contribution in [3.8, 4) is 22.5 Å². The van der Waals surface area contributed by atoms with Crippen molar-refractivity contribution >= 4 is 92.2 Å². The lowest BCUT2D eigenvalue weighted by atomic mass is 10.0. The Hall–Kier alpha value is -7.40. The number of anilines is 3. The Morgan fingerprint density at radius 3 is 1.67 bits per heavy atom. The van der Waals surface area contributed by atoms with E-state index < -0.39 is 0 Å². The molecule has 12 aromatic rings. The van der Waals surface area contributed by atoms with Gasteiger partial charge >= 0.3 is 0 Å². The zero-order chi connectivity index (χ0) is 39.9. The summed E-state index contributed by atoms with van der Waals surface area (Å²) >= 11 is 1.90. The predicted octanol–water partition coefficient (Wildman–Crippen LogP) is 16.0. The molecule has 0 radical (unpaired) electrons. The molecule has 0 saturated carbocycles. The van der Waals surface area contributed by atoms with Crippen molar-refractivity contribution in [1.82, 2.24) is 9.13 Å². The molecule has 3 heterocycles. The average Bonchev–Trinajstić information content (AvgIpc) is 3.95. The van der Waals surface area contributed by atoms with E-state index in [2.05, 4.69) is 228 Å². The molecule has 284 valence electrons. The van der Waals surface area contributed by atoms with Gasteiger partial charge < -0.3 is 14.0 Å². The highest BCUT2D eigenvalue weighted by molar-refractivity contribution is 7.26. The van der Waals surface area contributed by atoms with Gasteiger partial charge in [-0.15, -0.1) is 11.3 Å². The number of fused-ring (bicyclic) bond motifs is 10. The van der Waals surface area contributed by atoms with Gasteiger partial charge in [0, 0.05) is 70.2 Å². The first-order valence-corrected chi connectivity index (χ1v) is 21.4. The molecule has 0 fully saturated rings. The fraction of sp³-hybridized carbons (Fsp3) is 0.0357. The minimum absolute atomic E-state index is 1.11. The fourth-order valence-corrected chi connectivity index (χ4v) is 10.9. The lowest BCUT2D eigenvalue weighted by Crippen LogP contribution is -2.10. The number of nitrogens with zero attached hydrogens (tertiary/aromatic N) is 3. The highest BCUT2D eigenvalue weighted by Crippen LogP contribution is 2.44. The summed E-state index contributed by atoms with van der Waals surface area (Å²) in [5.74, 6) is 0. The largest absolute Gasteiger partial charge is 0.310 e. The van der Waals surface area contributed by atoms with E-state index >= 15 is 0 Å². The summed E-state index contributed by atoms with van der Waals surface area (Å²) in [6.45, 7) is 4.36. The van der Waals surface area contributed by atoms with Gasteiger partial charge in [0.1, 0.15) is 0 Å². The molecule has 0 unspecified atom stereocenters. The molecule has 0 spiro atoms. The highest BCUT2D eigenvalue weighted by atomic mass is 32.1. The highest BCUT2D eigenvalue weighted by Gasteiger charge is 2.19. The number of benzene rings is 9. The van der Waals surface area contributed by atoms with Gasteiger partial charge in [-0.1, -0.05) is 103 Å². The maximum absolute atomic E-state index is 2.43. The van der Waals surface area contributed by atoms with Crippen LogP contribution in [-0.4, -0.2) is 9.13 Å². The van der Waals surface area contributed by atoms with Crippen molar-refractivity contribution in [1.29, 1.82) is 0 Å². The van der Waals surface area contributed by atoms with Gasteiger partial charge in [0.15, 0.2) is 0 Å². The molecule has 0 atom stereocenters. The zero-order valence-corrected chi connectivity index (χ0v) is 34.1. The Morgan fingerprint density at radius 1 is 0.367 bits per heavy atom. The van der Waals surface area contributed by atoms with Crippen LogP contribution in [0, 0.1) is 13.8 Å². The number of para-hydroxylation sites is 3. The zero-order valence-electron chi connectivity index (χ0n) is 33.3. The number of hydrogen-bond donors (Lipinski definition) is 0. The summed E-state index contributed by atoms with van der Waals surface area (Å²) in [7, 11) is 0. The van der Waals surface area contributed by atoms with Gasteiger partial charge in [-0.25, -0.2) is 0 Å². The van der Waals surface area contributed by atoms with Crippen LogP contribution in [0.2, 0.25) is 0 Å². The number of aryl methyl sites for hydroxylation is 2. The van der Waals surface area contributed by atoms with Crippen LogP contribution in [0.15, 0.2) is 200 Å². The van der Waals surface area contributed by atoms with Gasteiger partial charge in [-0.3, -0.25) is 0 Å². The van der Waals surface area contributed by atoms with Crippen molar-refractivity contribution in [3.63, 3.8) is 0 Å². The van der Waals surface area contributed by atoms with Crippen LogP contribution in [0.25, 0.3) is 86.3 Å². The van der Waals surface area contributed by atoms with Gasteiger partial charge in [-0.2, -0.15) is 0 Å². The van der Waals surface area contributed by atoms with E-state index in [1.54, 1.807) is 0 Å². The maximum Gasteiger partial charge on any atom is 0.0555 e. The Kier molecular flexibility index (Phi) is 7.84. The summed E-state index contributed by atoms with van der Waals surface area (Å²) in [5, 5.41) is 7.78. The number of rotatable bonds is 6. The summed E-state index contributed by atoms with van der Waals surface area (Å²) in [4.78, 5) is 2.39. The van der Waals surface area contributed by atoms with E-state index in [-0.39, 0.29) is 0 Å². The Morgan fingerprint density at radius 2 is 0.917 bits per heavy atom. The smallest absolute Gasteiger partial charge is 0.0555 e. The molecule has 0 bridgehead atoms. The van der Waals surface area contributed by atoms with Crippen LogP contribution < -0.4 is 4.90 Å². The second kappa shape index (κ2) is 13.6. The summed E-state index contributed by atoms with van der Waals surface area (Å²) in [5.41, 5.74) is 15.4. The van der Waals surface area contributed by atoms with E-state index in [0.717, 1.165) is 22.7 Å². The Bertz CT molecular complexity index is 3590. The number of hydrogen-bond acceptors (Lipinski definition) is 2. The van der Waals surface area contributed by atoms with Crippen LogP contribution in [0.1, 0.15) is 11.1 Å². The molecule has 0 aliphatic heterocycles. The Labute approximate surface area is 352 Å². The van der Waals surface area contributed by atoms with Crippen LogP contribution in [0.3, 0.4) is 0 Å².